The molecule has 0 aliphatic rings. The van der Waals surface area contributed by atoms with E-state index in [2.05, 4.69) is 4.98 Å². The van der Waals surface area contributed by atoms with Crippen molar-refractivity contribution in [2.75, 3.05) is 0 Å². The molecule has 6 heteroatoms. The van der Waals surface area contributed by atoms with Crippen molar-refractivity contribution in [1.29, 1.82) is 0 Å². The maximum Gasteiger partial charge on any atom is 0.269 e. The highest BCUT2D eigenvalue weighted by molar-refractivity contribution is 5.76. The number of amides is 1. The molecule has 6 nitrogen and oxygen atoms in total. The number of carbonyl (C=O) groups excluding carboxylic acids is 1. The number of rotatable bonds is 3. The van der Waals surface area contributed by atoms with Gasteiger partial charge in [0.05, 0.1) is 17.2 Å². The summed E-state index contributed by atoms with van der Waals surface area (Å²) in [5.41, 5.74) is 3.24. The molecule has 0 spiro atoms. The topological polar surface area (TPSA) is 90.0 Å². The molecule has 0 aliphatic heterocycles. The van der Waals surface area contributed by atoms with Crippen molar-refractivity contribution in [3.05, 3.63) is 40.8 Å². The van der Waals surface area contributed by atoms with Crippen LogP contribution in [0.15, 0.2) is 35.3 Å². The van der Waals surface area contributed by atoms with Crippen LogP contribution in [0.25, 0.3) is 11.0 Å². The summed E-state index contributed by atoms with van der Waals surface area (Å²) in [6.45, 7) is 0.283. The van der Waals surface area contributed by atoms with Crippen LogP contribution in [0.2, 0.25) is 0 Å². The highest BCUT2D eigenvalue weighted by atomic mass is 16.2. The van der Waals surface area contributed by atoms with Gasteiger partial charge in [-0.05, 0) is 12.1 Å². The maximum absolute atomic E-state index is 11.7. The van der Waals surface area contributed by atoms with E-state index in [0.717, 1.165) is 5.52 Å². The van der Waals surface area contributed by atoms with E-state index in [1.807, 2.05) is 23.6 Å². The van der Waals surface area contributed by atoms with Gasteiger partial charge in [-0.25, -0.2) is 10.8 Å². The first-order valence-corrected chi connectivity index (χ1v) is 5.16. The van der Waals surface area contributed by atoms with E-state index >= 15 is 0 Å². The Balaban J connectivity index is 2.41. The molecular formula is C11H12N4O2. The lowest BCUT2D eigenvalue weighted by Crippen LogP contribution is -2.32. The van der Waals surface area contributed by atoms with E-state index in [1.165, 1.54) is 10.8 Å². The third kappa shape index (κ3) is 2.31. The highest BCUT2D eigenvalue weighted by Gasteiger charge is 2.05. The molecule has 0 radical (unpaired) electrons. The number of hydrazine groups is 1. The summed E-state index contributed by atoms with van der Waals surface area (Å²) in [5.74, 6) is 4.68. The van der Waals surface area contributed by atoms with Crippen LogP contribution in [0.1, 0.15) is 6.42 Å². The van der Waals surface area contributed by atoms with Crippen molar-refractivity contribution in [3.63, 3.8) is 0 Å². The number of nitrogens with zero attached hydrogens (tertiary/aromatic N) is 2. The van der Waals surface area contributed by atoms with Crippen LogP contribution in [-0.2, 0) is 11.3 Å². The molecule has 1 heterocycles. The maximum atomic E-state index is 11.7. The molecule has 3 N–H and O–H groups in total. The lowest BCUT2D eigenvalue weighted by Gasteiger charge is -2.08. The first-order chi connectivity index (χ1) is 8.22. The molecular weight excluding hydrogens is 220 g/mol. The Kier molecular flexibility index (Phi) is 3.15. The average molecular weight is 232 g/mol. The monoisotopic (exact) mass is 232 g/mol. The van der Waals surface area contributed by atoms with Crippen molar-refractivity contribution in [1.82, 2.24) is 15.0 Å². The second-order valence-electron chi connectivity index (χ2n) is 3.55. The minimum atomic E-state index is -0.308. The van der Waals surface area contributed by atoms with Gasteiger partial charge in [0.2, 0.25) is 5.91 Å². The Labute approximate surface area is 97.0 Å². The van der Waals surface area contributed by atoms with Gasteiger partial charge in [-0.1, -0.05) is 12.1 Å². The van der Waals surface area contributed by atoms with Crippen molar-refractivity contribution in [2.45, 2.75) is 13.0 Å². The van der Waals surface area contributed by atoms with Gasteiger partial charge in [0.25, 0.3) is 5.56 Å². The number of benzene rings is 1. The molecule has 88 valence electrons. The number of nitrogens with two attached hydrogens (primary N) is 1. The summed E-state index contributed by atoms with van der Waals surface area (Å²) in [7, 11) is 0. The van der Waals surface area contributed by atoms with E-state index in [0.29, 0.717) is 5.52 Å². The number of fused-ring (bicyclic) bond motifs is 1. The molecule has 2 rings (SSSR count). The van der Waals surface area contributed by atoms with Gasteiger partial charge in [-0.15, -0.1) is 0 Å². The molecule has 1 aromatic heterocycles. The van der Waals surface area contributed by atoms with Crippen molar-refractivity contribution in [2.24, 2.45) is 5.84 Å². The molecule has 0 atom stereocenters. The SMILES string of the molecule is NNC(=O)CCn1c(=O)cnc2ccccc21. The summed E-state index contributed by atoms with van der Waals surface area (Å²) in [6, 6.07) is 7.28. The Bertz CT molecular complexity index is 606. The van der Waals surface area contributed by atoms with Crippen molar-refractivity contribution in [3.8, 4) is 0 Å². The molecule has 0 bridgehead atoms. The molecule has 0 unspecified atom stereocenters. The predicted octanol–water partition coefficient (Wildman–Crippen LogP) is -0.223. The Morgan fingerprint density at radius 3 is 2.94 bits per heavy atom. The third-order valence-corrected chi connectivity index (χ3v) is 2.48. The molecule has 0 aliphatic carbocycles. The average Bonchev–Trinajstić information content (AvgIpc) is 2.37. The normalized spacial score (nSPS) is 10.4. The molecule has 17 heavy (non-hydrogen) atoms. The van der Waals surface area contributed by atoms with Crippen molar-refractivity contribution < 1.29 is 4.79 Å². The zero-order valence-corrected chi connectivity index (χ0v) is 9.09. The quantitative estimate of drug-likeness (QED) is 0.435. The third-order valence-electron chi connectivity index (χ3n) is 2.48. The molecule has 0 saturated carbocycles. The summed E-state index contributed by atoms with van der Waals surface area (Å²) < 4.78 is 1.51. The van der Waals surface area contributed by atoms with Crippen molar-refractivity contribution >= 4 is 16.9 Å². The zero-order valence-electron chi connectivity index (χ0n) is 9.09. The standard InChI is InChI=1S/C11H12N4O2/c12-14-10(16)5-6-15-9-4-2-1-3-8(9)13-7-11(15)17/h1-4,7H,5-6,12H2,(H,14,16). The van der Waals surface area contributed by atoms with Crippen LogP contribution in [0.5, 0.6) is 0 Å². The van der Waals surface area contributed by atoms with Crippen LogP contribution in [0.3, 0.4) is 0 Å². The minimum absolute atomic E-state index is 0.157. The van der Waals surface area contributed by atoms with Gasteiger partial charge < -0.3 is 4.57 Å². The summed E-state index contributed by atoms with van der Waals surface area (Å²) in [6.07, 6.45) is 1.41. The minimum Gasteiger partial charge on any atom is -0.305 e. The lowest BCUT2D eigenvalue weighted by molar-refractivity contribution is -0.121. The molecule has 2 aromatic rings. The van der Waals surface area contributed by atoms with Gasteiger partial charge in [0.15, 0.2) is 0 Å². The number of aromatic nitrogens is 2. The van der Waals surface area contributed by atoms with E-state index in [9.17, 15) is 9.59 Å². The first kappa shape index (κ1) is 11.3. The van der Waals surface area contributed by atoms with E-state index < -0.39 is 0 Å². The van der Waals surface area contributed by atoms with Crippen LogP contribution in [-0.4, -0.2) is 15.5 Å². The van der Waals surface area contributed by atoms with Gasteiger partial charge >= 0.3 is 0 Å². The van der Waals surface area contributed by atoms with Gasteiger partial charge in [0.1, 0.15) is 0 Å². The number of para-hydroxylation sites is 2. The fraction of sp³-hybridized carbons (Fsp3) is 0.182. The number of hydrogen-bond donors (Lipinski definition) is 2. The molecule has 1 amide bonds. The number of carbonyl (C=O) groups is 1. The first-order valence-electron chi connectivity index (χ1n) is 5.16. The predicted molar refractivity (Wildman–Crippen MR) is 63.0 cm³/mol. The van der Waals surface area contributed by atoms with Crippen LogP contribution in [0.4, 0.5) is 0 Å². The Morgan fingerprint density at radius 1 is 1.41 bits per heavy atom. The second-order valence-corrected chi connectivity index (χ2v) is 3.55. The lowest BCUT2D eigenvalue weighted by atomic mass is 10.3. The number of aryl methyl sites for hydroxylation is 1. The molecule has 0 saturated heterocycles. The summed E-state index contributed by atoms with van der Waals surface area (Å²) >= 11 is 0. The van der Waals surface area contributed by atoms with Gasteiger partial charge in [-0.2, -0.15) is 0 Å². The summed E-state index contributed by atoms with van der Waals surface area (Å²) in [4.78, 5) is 26.8. The number of nitrogens with one attached hydrogen (secondary N) is 1. The fourth-order valence-electron chi connectivity index (χ4n) is 1.63. The number of hydrogen-bond acceptors (Lipinski definition) is 4. The Morgan fingerprint density at radius 2 is 2.18 bits per heavy atom. The van der Waals surface area contributed by atoms with E-state index in [-0.39, 0.29) is 24.4 Å². The van der Waals surface area contributed by atoms with E-state index in [4.69, 9.17) is 5.84 Å². The second kappa shape index (κ2) is 4.75. The van der Waals surface area contributed by atoms with Crippen LogP contribution in [0, 0.1) is 0 Å². The van der Waals surface area contributed by atoms with Gasteiger partial charge in [0, 0.05) is 13.0 Å². The zero-order chi connectivity index (χ0) is 12.3. The summed E-state index contributed by atoms with van der Waals surface area (Å²) in [5, 5.41) is 0. The smallest absolute Gasteiger partial charge is 0.269 e. The fourth-order valence-corrected chi connectivity index (χ4v) is 1.63. The van der Waals surface area contributed by atoms with Gasteiger partial charge in [-0.3, -0.25) is 15.0 Å². The van der Waals surface area contributed by atoms with Crippen LogP contribution < -0.4 is 16.8 Å². The Hall–Kier alpha value is -2.21. The van der Waals surface area contributed by atoms with E-state index in [1.54, 1.807) is 6.07 Å². The highest BCUT2D eigenvalue weighted by Crippen LogP contribution is 2.08. The molecule has 0 fully saturated rings. The molecule has 1 aromatic carbocycles. The largest absolute Gasteiger partial charge is 0.305 e. The van der Waals surface area contributed by atoms with Crippen LogP contribution >= 0.6 is 0 Å².